The lowest BCUT2D eigenvalue weighted by Crippen LogP contribution is -2.43. The number of carbonyl (C=O) groups is 2. The number of hydrogen-bond acceptors (Lipinski definition) is 3. The zero-order valence-electron chi connectivity index (χ0n) is 19.3. The van der Waals surface area contributed by atoms with Crippen LogP contribution in [0.2, 0.25) is 5.02 Å². The molecule has 0 saturated heterocycles. The normalized spacial score (nSPS) is 15.8. The number of alkyl halides is 3. The standard InChI is InChI=1S/C28H24ClF3N2O2/c29-21-15-13-19(14-16-21)17-22(35)9-6-11-24-27(36)34(18-28(30,31)32)25-12-5-4-10-23(25)26(33-24)20-7-2-1-3-8-20/h1-5,7-8,10,12-16,24H,6,9,11,17-18H2/t24-/m0/s1. The van der Waals surface area contributed by atoms with Crippen molar-refractivity contribution in [1.82, 2.24) is 0 Å². The number of aliphatic imine (C=N–C) groups is 1. The molecule has 3 aromatic rings. The Hall–Kier alpha value is -3.45. The molecule has 0 saturated carbocycles. The van der Waals surface area contributed by atoms with E-state index in [2.05, 4.69) is 4.99 Å². The van der Waals surface area contributed by atoms with Crippen LogP contribution in [0.15, 0.2) is 83.9 Å². The number of fused-ring (bicyclic) bond motifs is 1. The van der Waals surface area contributed by atoms with Gasteiger partial charge in [0.1, 0.15) is 18.4 Å². The van der Waals surface area contributed by atoms with E-state index in [1.807, 2.05) is 30.3 Å². The summed E-state index contributed by atoms with van der Waals surface area (Å²) in [5.41, 5.74) is 2.62. The van der Waals surface area contributed by atoms with Crippen molar-refractivity contribution in [1.29, 1.82) is 0 Å². The third-order valence-electron chi connectivity index (χ3n) is 5.92. The maximum absolute atomic E-state index is 13.5. The van der Waals surface area contributed by atoms with Crippen molar-refractivity contribution in [3.63, 3.8) is 0 Å². The van der Waals surface area contributed by atoms with E-state index in [1.165, 1.54) is 6.07 Å². The molecule has 1 atom stereocenters. The van der Waals surface area contributed by atoms with Gasteiger partial charge in [-0.25, -0.2) is 0 Å². The van der Waals surface area contributed by atoms with Crippen LogP contribution >= 0.6 is 11.6 Å². The highest BCUT2D eigenvalue weighted by Crippen LogP contribution is 2.32. The largest absolute Gasteiger partial charge is 0.406 e. The number of hydrogen-bond donors (Lipinski definition) is 0. The van der Waals surface area contributed by atoms with Crippen LogP contribution in [0.4, 0.5) is 18.9 Å². The average Bonchev–Trinajstić information content (AvgIpc) is 2.96. The number of amides is 1. The van der Waals surface area contributed by atoms with Crippen molar-refractivity contribution in [2.45, 2.75) is 37.9 Å². The van der Waals surface area contributed by atoms with Crippen molar-refractivity contribution >= 4 is 34.7 Å². The molecule has 4 rings (SSSR count). The Balaban J connectivity index is 1.59. The second kappa shape index (κ2) is 11.1. The van der Waals surface area contributed by atoms with E-state index in [0.29, 0.717) is 28.3 Å². The monoisotopic (exact) mass is 512 g/mol. The summed E-state index contributed by atoms with van der Waals surface area (Å²) >= 11 is 5.88. The van der Waals surface area contributed by atoms with E-state index in [4.69, 9.17) is 11.6 Å². The molecule has 1 amide bonds. The van der Waals surface area contributed by atoms with Crippen molar-refractivity contribution in [3.05, 3.63) is 101 Å². The summed E-state index contributed by atoms with van der Waals surface area (Å²) in [5.74, 6) is -0.753. The van der Waals surface area contributed by atoms with Crippen molar-refractivity contribution in [2.24, 2.45) is 4.99 Å². The van der Waals surface area contributed by atoms with Gasteiger partial charge in [-0.1, -0.05) is 72.3 Å². The van der Waals surface area contributed by atoms with Crippen LogP contribution < -0.4 is 4.90 Å². The maximum Gasteiger partial charge on any atom is 0.406 e. The molecule has 186 valence electrons. The van der Waals surface area contributed by atoms with Crippen molar-refractivity contribution in [2.75, 3.05) is 11.4 Å². The van der Waals surface area contributed by atoms with E-state index in [-0.39, 0.29) is 30.7 Å². The van der Waals surface area contributed by atoms with Crippen LogP contribution in [0.1, 0.15) is 36.0 Å². The zero-order chi connectivity index (χ0) is 25.7. The average molecular weight is 513 g/mol. The Morgan fingerprint density at radius 1 is 0.944 bits per heavy atom. The maximum atomic E-state index is 13.5. The number of halogens is 4. The molecule has 3 aromatic carbocycles. The van der Waals surface area contributed by atoms with E-state index >= 15 is 0 Å². The summed E-state index contributed by atoms with van der Waals surface area (Å²) < 4.78 is 40.5. The minimum atomic E-state index is -4.58. The van der Waals surface area contributed by atoms with E-state index in [1.54, 1.807) is 42.5 Å². The third-order valence-corrected chi connectivity index (χ3v) is 6.17. The molecule has 0 unspecified atom stereocenters. The van der Waals surface area contributed by atoms with Gasteiger partial charge in [0, 0.05) is 29.0 Å². The lowest BCUT2D eigenvalue weighted by Gasteiger charge is -2.26. The van der Waals surface area contributed by atoms with E-state index < -0.39 is 24.7 Å². The van der Waals surface area contributed by atoms with Gasteiger partial charge in [0.05, 0.1) is 11.4 Å². The summed E-state index contributed by atoms with van der Waals surface area (Å²) in [6, 6.07) is 21.5. The first-order valence-electron chi connectivity index (χ1n) is 11.6. The molecule has 0 spiro atoms. The summed E-state index contributed by atoms with van der Waals surface area (Å²) in [4.78, 5) is 31.3. The zero-order valence-corrected chi connectivity index (χ0v) is 20.1. The molecule has 0 aromatic heterocycles. The Kier molecular flexibility index (Phi) is 7.89. The second-order valence-electron chi connectivity index (χ2n) is 8.65. The fourth-order valence-corrected chi connectivity index (χ4v) is 4.38. The summed E-state index contributed by atoms with van der Waals surface area (Å²) in [6.07, 6.45) is -3.69. The molecule has 0 fully saturated rings. The first-order valence-corrected chi connectivity index (χ1v) is 12.0. The Bertz CT molecular complexity index is 1260. The fourth-order valence-electron chi connectivity index (χ4n) is 4.26. The van der Waals surface area contributed by atoms with E-state index in [9.17, 15) is 22.8 Å². The predicted molar refractivity (Wildman–Crippen MR) is 135 cm³/mol. The molecule has 0 N–H and O–H groups in total. The fraction of sp³-hybridized carbons (Fsp3) is 0.250. The highest BCUT2D eigenvalue weighted by molar-refractivity contribution is 6.30. The number of ketones is 1. The van der Waals surface area contributed by atoms with Crippen LogP contribution in [0.5, 0.6) is 0 Å². The molecule has 8 heteroatoms. The van der Waals surface area contributed by atoms with Crippen LogP contribution in [-0.2, 0) is 16.0 Å². The third kappa shape index (κ3) is 6.40. The molecule has 4 nitrogen and oxygen atoms in total. The Labute approximate surface area is 212 Å². The van der Waals surface area contributed by atoms with Gasteiger partial charge in [0.25, 0.3) is 5.91 Å². The molecular formula is C28H24ClF3N2O2. The van der Waals surface area contributed by atoms with E-state index in [0.717, 1.165) is 10.5 Å². The highest BCUT2D eigenvalue weighted by atomic mass is 35.5. The molecule has 0 aliphatic carbocycles. The molecule has 0 radical (unpaired) electrons. The van der Waals surface area contributed by atoms with Crippen LogP contribution in [0.25, 0.3) is 0 Å². The SMILES string of the molecule is O=C(CCC[C@@H]1N=C(c2ccccc2)c2ccccc2N(CC(F)(F)F)C1=O)Cc1ccc(Cl)cc1. The van der Waals surface area contributed by atoms with Crippen LogP contribution in [0.3, 0.4) is 0 Å². The van der Waals surface area contributed by atoms with Gasteiger partial charge in [-0.15, -0.1) is 0 Å². The van der Waals surface area contributed by atoms with Gasteiger partial charge < -0.3 is 4.90 Å². The van der Waals surface area contributed by atoms with Crippen LogP contribution in [0, 0.1) is 0 Å². The van der Waals surface area contributed by atoms with Gasteiger partial charge in [0.2, 0.25) is 0 Å². The number of Topliss-reactive ketones (excluding diaryl/α,β-unsaturated/α-hetero) is 1. The first kappa shape index (κ1) is 25.6. The Morgan fingerprint density at radius 2 is 1.61 bits per heavy atom. The Morgan fingerprint density at radius 3 is 2.31 bits per heavy atom. The lowest BCUT2D eigenvalue weighted by molar-refractivity contribution is -0.133. The molecular weight excluding hydrogens is 489 g/mol. The highest BCUT2D eigenvalue weighted by Gasteiger charge is 2.39. The van der Waals surface area contributed by atoms with Gasteiger partial charge in [-0.05, 0) is 36.6 Å². The lowest BCUT2D eigenvalue weighted by atomic mass is 10.00. The van der Waals surface area contributed by atoms with Crippen molar-refractivity contribution in [3.8, 4) is 0 Å². The minimum Gasteiger partial charge on any atom is -0.301 e. The number of rotatable bonds is 8. The summed E-state index contributed by atoms with van der Waals surface area (Å²) in [5, 5.41) is 0.578. The number of benzene rings is 3. The van der Waals surface area contributed by atoms with Gasteiger partial charge >= 0.3 is 6.18 Å². The smallest absolute Gasteiger partial charge is 0.301 e. The minimum absolute atomic E-state index is 0.0268. The van der Waals surface area contributed by atoms with Crippen molar-refractivity contribution < 1.29 is 22.8 Å². The van der Waals surface area contributed by atoms with Gasteiger partial charge in [-0.3, -0.25) is 14.6 Å². The molecule has 1 aliphatic rings. The first-order chi connectivity index (χ1) is 17.2. The summed E-state index contributed by atoms with van der Waals surface area (Å²) in [6.45, 7) is -1.41. The number of para-hydroxylation sites is 1. The summed E-state index contributed by atoms with van der Waals surface area (Å²) in [7, 11) is 0. The number of carbonyl (C=O) groups excluding carboxylic acids is 2. The van der Waals surface area contributed by atoms with Crippen LogP contribution in [-0.4, -0.2) is 36.2 Å². The molecule has 1 aliphatic heterocycles. The number of anilines is 1. The van der Waals surface area contributed by atoms with Gasteiger partial charge in [0.15, 0.2) is 0 Å². The number of benzodiazepines with no additional fused rings is 1. The topological polar surface area (TPSA) is 49.7 Å². The predicted octanol–water partition coefficient (Wildman–Crippen LogP) is 6.44. The molecule has 36 heavy (non-hydrogen) atoms. The molecule has 1 heterocycles. The van der Waals surface area contributed by atoms with Gasteiger partial charge in [-0.2, -0.15) is 13.2 Å². The number of nitrogens with zero attached hydrogens (tertiary/aromatic N) is 2. The quantitative estimate of drug-likeness (QED) is 0.349. The second-order valence-corrected chi connectivity index (χ2v) is 9.09. The molecule has 0 bridgehead atoms.